The van der Waals surface area contributed by atoms with Crippen molar-refractivity contribution in [1.82, 2.24) is 15.2 Å². The topological polar surface area (TPSA) is 65.1 Å². The molecule has 0 saturated carbocycles. The Bertz CT molecular complexity index is 352. The van der Waals surface area contributed by atoms with Crippen LogP contribution in [0.5, 0.6) is 0 Å². The van der Waals surface area contributed by atoms with E-state index in [0.717, 1.165) is 25.9 Å². The van der Waals surface area contributed by atoms with E-state index in [2.05, 4.69) is 23.6 Å². The summed E-state index contributed by atoms with van der Waals surface area (Å²) >= 11 is 0. The molecule has 5 nitrogen and oxygen atoms in total. The molecule has 1 saturated heterocycles. The molecular weight excluding hydrogens is 216 g/mol. The van der Waals surface area contributed by atoms with Crippen LogP contribution in [0.4, 0.5) is 0 Å². The maximum atomic E-state index is 5.64. The van der Waals surface area contributed by atoms with Gasteiger partial charge in [-0.2, -0.15) is 5.10 Å². The fourth-order valence-corrected chi connectivity index (χ4v) is 2.51. The Morgan fingerprint density at radius 1 is 1.71 bits per heavy atom. The smallest absolute Gasteiger partial charge is 0.0551 e. The van der Waals surface area contributed by atoms with Crippen LogP contribution in [-0.4, -0.2) is 28.5 Å². The molecule has 0 bridgehead atoms. The maximum absolute atomic E-state index is 5.64. The molecule has 2 rings (SSSR count). The van der Waals surface area contributed by atoms with Gasteiger partial charge >= 0.3 is 0 Å². The predicted octanol–water partition coefficient (Wildman–Crippen LogP) is 0.610. The molecule has 0 spiro atoms. The van der Waals surface area contributed by atoms with Crippen LogP contribution in [0.15, 0.2) is 12.4 Å². The highest BCUT2D eigenvalue weighted by molar-refractivity contribution is 5.04. The van der Waals surface area contributed by atoms with Crippen molar-refractivity contribution >= 4 is 0 Å². The van der Waals surface area contributed by atoms with Gasteiger partial charge in [0.05, 0.1) is 18.9 Å². The summed E-state index contributed by atoms with van der Waals surface area (Å²) in [6, 6.07) is 0.333. The summed E-state index contributed by atoms with van der Waals surface area (Å²) < 4.78 is 7.43. The second-order valence-electron chi connectivity index (χ2n) is 4.97. The van der Waals surface area contributed by atoms with Crippen molar-refractivity contribution in [2.45, 2.75) is 38.3 Å². The summed E-state index contributed by atoms with van der Waals surface area (Å²) in [4.78, 5) is 0. The van der Waals surface area contributed by atoms with Crippen molar-refractivity contribution in [3.05, 3.63) is 18.0 Å². The molecule has 96 valence electrons. The van der Waals surface area contributed by atoms with Crippen LogP contribution in [0, 0.1) is 5.92 Å². The van der Waals surface area contributed by atoms with Crippen molar-refractivity contribution in [3.63, 3.8) is 0 Å². The Hall–Kier alpha value is -0.910. The van der Waals surface area contributed by atoms with E-state index in [1.165, 1.54) is 5.56 Å². The summed E-state index contributed by atoms with van der Waals surface area (Å²) in [5, 5.41) is 4.17. The van der Waals surface area contributed by atoms with E-state index in [-0.39, 0.29) is 0 Å². The first-order valence-electron chi connectivity index (χ1n) is 6.24. The molecule has 1 fully saturated rings. The standard InChI is InChI=1S/C12H22N4O/c1-9-5-11(8-17-9)12(15-13)4-3-10-6-14-16(2)7-10/h6-7,9,11-12,15H,3-5,8,13H2,1-2H3. The highest BCUT2D eigenvalue weighted by atomic mass is 16.5. The molecule has 0 radical (unpaired) electrons. The zero-order valence-corrected chi connectivity index (χ0v) is 10.6. The lowest BCUT2D eigenvalue weighted by molar-refractivity contribution is 0.116. The minimum Gasteiger partial charge on any atom is -0.378 e. The molecule has 1 aliphatic heterocycles. The first-order chi connectivity index (χ1) is 8.19. The van der Waals surface area contributed by atoms with E-state index >= 15 is 0 Å². The van der Waals surface area contributed by atoms with Crippen LogP contribution in [-0.2, 0) is 18.2 Å². The summed E-state index contributed by atoms with van der Waals surface area (Å²) in [6.07, 6.45) is 7.48. The first-order valence-corrected chi connectivity index (χ1v) is 6.24. The Balaban J connectivity index is 1.83. The van der Waals surface area contributed by atoms with Gasteiger partial charge in [0.25, 0.3) is 0 Å². The number of nitrogens with one attached hydrogen (secondary N) is 1. The van der Waals surface area contributed by atoms with Gasteiger partial charge in [0, 0.05) is 25.2 Å². The Morgan fingerprint density at radius 3 is 3.06 bits per heavy atom. The number of hydrogen-bond donors (Lipinski definition) is 2. The third kappa shape index (κ3) is 3.28. The summed E-state index contributed by atoms with van der Waals surface area (Å²) in [5.41, 5.74) is 4.20. The van der Waals surface area contributed by atoms with Gasteiger partial charge in [0.2, 0.25) is 0 Å². The third-order valence-electron chi connectivity index (χ3n) is 3.51. The average molecular weight is 238 g/mol. The summed E-state index contributed by atoms with van der Waals surface area (Å²) in [5.74, 6) is 6.17. The van der Waals surface area contributed by atoms with Crippen molar-refractivity contribution in [3.8, 4) is 0 Å². The van der Waals surface area contributed by atoms with Crippen molar-refractivity contribution in [1.29, 1.82) is 0 Å². The van der Waals surface area contributed by atoms with Crippen LogP contribution in [0.2, 0.25) is 0 Å². The van der Waals surface area contributed by atoms with Crippen molar-refractivity contribution < 1.29 is 4.74 Å². The zero-order valence-electron chi connectivity index (χ0n) is 10.6. The summed E-state index contributed by atoms with van der Waals surface area (Å²) in [7, 11) is 1.94. The molecule has 3 atom stereocenters. The van der Waals surface area contributed by atoms with Gasteiger partial charge in [0.1, 0.15) is 0 Å². The molecular formula is C12H22N4O. The van der Waals surface area contributed by atoms with E-state index in [9.17, 15) is 0 Å². The van der Waals surface area contributed by atoms with E-state index in [0.29, 0.717) is 18.1 Å². The van der Waals surface area contributed by atoms with Gasteiger partial charge in [-0.25, -0.2) is 0 Å². The van der Waals surface area contributed by atoms with Crippen LogP contribution >= 0.6 is 0 Å². The van der Waals surface area contributed by atoms with Crippen molar-refractivity contribution in [2.24, 2.45) is 18.8 Å². The van der Waals surface area contributed by atoms with E-state index in [1.54, 1.807) is 0 Å². The molecule has 0 aromatic carbocycles. The van der Waals surface area contributed by atoms with Crippen LogP contribution < -0.4 is 11.3 Å². The lowest BCUT2D eigenvalue weighted by Gasteiger charge is -2.21. The Labute approximate surface area is 102 Å². The molecule has 0 aliphatic carbocycles. The van der Waals surface area contributed by atoms with Gasteiger partial charge in [-0.05, 0) is 31.7 Å². The van der Waals surface area contributed by atoms with Gasteiger partial charge in [0.15, 0.2) is 0 Å². The average Bonchev–Trinajstić information content (AvgIpc) is 2.89. The van der Waals surface area contributed by atoms with Crippen LogP contribution in [0.1, 0.15) is 25.3 Å². The van der Waals surface area contributed by atoms with Gasteiger partial charge in [-0.1, -0.05) is 0 Å². The largest absolute Gasteiger partial charge is 0.378 e. The second kappa shape index (κ2) is 5.62. The fourth-order valence-electron chi connectivity index (χ4n) is 2.51. The van der Waals surface area contributed by atoms with Gasteiger partial charge in [-0.3, -0.25) is 16.0 Å². The number of aromatic nitrogens is 2. The fraction of sp³-hybridized carbons (Fsp3) is 0.750. The van der Waals surface area contributed by atoms with Gasteiger partial charge in [-0.15, -0.1) is 0 Å². The molecule has 17 heavy (non-hydrogen) atoms. The highest BCUT2D eigenvalue weighted by Gasteiger charge is 2.28. The second-order valence-corrected chi connectivity index (χ2v) is 4.97. The summed E-state index contributed by atoms with van der Waals surface area (Å²) in [6.45, 7) is 2.94. The van der Waals surface area contributed by atoms with E-state index < -0.39 is 0 Å². The molecule has 2 heterocycles. The quantitative estimate of drug-likeness (QED) is 0.583. The number of hydrogen-bond acceptors (Lipinski definition) is 4. The van der Waals surface area contributed by atoms with E-state index in [1.807, 2.05) is 17.9 Å². The number of hydrazine groups is 1. The van der Waals surface area contributed by atoms with Crippen molar-refractivity contribution in [2.75, 3.05) is 6.61 Å². The lowest BCUT2D eigenvalue weighted by Crippen LogP contribution is -2.41. The molecule has 5 heteroatoms. The number of ether oxygens (including phenoxy) is 1. The Kier molecular flexibility index (Phi) is 4.15. The normalized spacial score (nSPS) is 26.3. The number of nitrogens with two attached hydrogens (primary N) is 1. The predicted molar refractivity (Wildman–Crippen MR) is 66.2 cm³/mol. The van der Waals surface area contributed by atoms with Crippen LogP contribution in [0.25, 0.3) is 0 Å². The number of rotatable bonds is 5. The molecule has 1 aromatic heterocycles. The lowest BCUT2D eigenvalue weighted by atomic mass is 9.93. The minimum atomic E-state index is 0.333. The first kappa shape index (κ1) is 12.5. The number of aryl methyl sites for hydroxylation is 2. The molecule has 1 aliphatic rings. The number of nitrogens with zero attached hydrogens (tertiary/aromatic N) is 2. The maximum Gasteiger partial charge on any atom is 0.0551 e. The van der Waals surface area contributed by atoms with Crippen LogP contribution in [0.3, 0.4) is 0 Å². The van der Waals surface area contributed by atoms with E-state index in [4.69, 9.17) is 10.6 Å². The molecule has 1 aromatic rings. The highest BCUT2D eigenvalue weighted by Crippen LogP contribution is 2.24. The monoisotopic (exact) mass is 238 g/mol. The SMILES string of the molecule is CC1CC(C(CCc2cnn(C)c2)NN)CO1. The minimum absolute atomic E-state index is 0.333. The molecule has 3 unspecified atom stereocenters. The third-order valence-corrected chi connectivity index (χ3v) is 3.51. The molecule has 3 N–H and O–H groups in total. The van der Waals surface area contributed by atoms with Gasteiger partial charge < -0.3 is 4.74 Å². The molecule has 0 amide bonds. The zero-order chi connectivity index (χ0) is 12.3. The Morgan fingerprint density at radius 2 is 2.53 bits per heavy atom.